The maximum atomic E-state index is 12.8. The minimum Gasteiger partial charge on any atom is -0.341 e. The maximum Gasteiger partial charge on any atom is 0.242 e. The Morgan fingerprint density at radius 1 is 1.19 bits per heavy atom. The number of rotatable bonds is 3. The van der Waals surface area contributed by atoms with Crippen molar-refractivity contribution in [3.8, 4) is 11.3 Å². The van der Waals surface area contributed by atoms with Crippen LogP contribution in [-0.2, 0) is 16.1 Å². The fourth-order valence-corrected chi connectivity index (χ4v) is 3.91. The fraction of sp³-hybridized carbons (Fsp3) is 0.476. The fourth-order valence-electron chi connectivity index (χ4n) is 3.91. The molecule has 2 aromatic rings. The number of hydrogen-bond acceptors (Lipinski definition) is 3. The summed E-state index contributed by atoms with van der Waals surface area (Å²) in [4.78, 5) is 28.8. The quantitative estimate of drug-likeness (QED) is 0.839. The van der Waals surface area contributed by atoms with E-state index in [9.17, 15) is 9.59 Å². The normalized spacial score (nSPS) is 17.9. The first kappa shape index (κ1) is 17.8. The predicted molar refractivity (Wildman–Crippen MR) is 104 cm³/mol. The zero-order chi connectivity index (χ0) is 19.0. The van der Waals surface area contributed by atoms with Crippen molar-refractivity contribution in [2.75, 3.05) is 24.5 Å². The van der Waals surface area contributed by atoms with Crippen molar-refractivity contribution in [2.24, 2.45) is 5.92 Å². The molecular weight excluding hydrogens is 340 g/mol. The van der Waals surface area contributed by atoms with Gasteiger partial charge in [-0.1, -0.05) is 31.2 Å². The molecule has 4 rings (SSSR count). The maximum absolute atomic E-state index is 12.8. The van der Waals surface area contributed by atoms with E-state index in [0.29, 0.717) is 18.9 Å². The van der Waals surface area contributed by atoms with Crippen LogP contribution in [0.2, 0.25) is 0 Å². The van der Waals surface area contributed by atoms with E-state index in [1.54, 1.807) is 4.90 Å². The molecular formula is C21H26N4O2. The highest BCUT2D eigenvalue weighted by Gasteiger charge is 2.30. The summed E-state index contributed by atoms with van der Waals surface area (Å²) in [6.07, 6.45) is 2.45. The molecule has 6 nitrogen and oxygen atoms in total. The van der Waals surface area contributed by atoms with Gasteiger partial charge in [-0.25, -0.2) is 4.68 Å². The Morgan fingerprint density at radius 2 is 1.93 bits per heavy atom. The Labute approximate surface area is 159 Å². The number of piperidine rings is 1. The van der Waals surface area contributed by atoms with Crippen LogP contribution in [-0.4, -0.2) is 46.1 Å². The van der Waals surface area contributed by atoms with E-state index in [-0.39, 0.29) is 18.4 Å². The number of hydrogen-bond donors (Lipinski definition) is 0. The Hall–Kier alpha value is -2.63. The molecule has 27 heavy (non-hydrogen) atoms. The van der Waals surface area contributed by atoms with E-state index in [1.165, 1.54) is 0 Å². The second kappa shape index (κ2) is 7.18. The van der Waals surface area contributed by atoms with Crippen LogP contribution in [0.4, 0.5) is 5.82 Å². The summed E-state index contributed by atoms with van der Waals surface area (Å²) >= 11 is 0. The molecule has 1 aromatic heterocycles. The van der Waals surface area contributed by atoms with Gasteiger partial charge in [0.1, 0.15) is 12.4 Å². The van der Waals surface area contributed by atoms with E-state index >= 15 is 0 Å². The summed E-state index contributed by atoms with van der Waals surface area (Å²) in [7, 11) is 0. The average molecular weight is 366 g/mol. The van der Waals surface area contributed by atoms with Crippen molar-refractivity contribution in [3.63, 3.8) is 0 Å². The van der Waals surface area contributed by atoms with Gasteiger partial charge in [-0.2, -0.15) is 5.10 Å². The molecule has 2 aliphatic rings. The molecule has 0 bridgehead atoms. The summed E-state index contributed by atoms with van der Waals surface area (Å²) in [5.74, 6) is 1.42. The van der Waals surface area contributed by atoms with Gasteiger partial charge < -0.3 is 4.90 Å². The van der Waals surface area contributed by atoms with Gasteiger partial charge in [-0.05, 0) is 31.2 Å². The Bertz CT molecular complexity index is 865. The highest BCUT2D eigenvalue weighted by Crippen LogP contribution is 2.29. The number of nitrogens with zero attached hydrogens (tertiary/aromatic N) is 4. The van der Waals surface area contributed by atoms with Crippen LogP contribution in [0.1, 0.15) is 31.7 Å². The van der Waals surface area contributed by atoms with E-state index in [2.05, 4.69) is 19.9 Å². The lowest BCUT2D eigenvalue weighted by Gasteiger charge is -2.33. The number of benzene rings is 1. The van der Waals surface area contributed by atoms with E-state index in [4.69, 9.17) is 5.10 Å². The van der Waals surface area contributed by atoms with Crippen LogP contribution in [0.5, 0.6) is 0 Å². The highest BCUT2D eigenvalue weighted by atomic mass is 16.2. The number of anilines is 1. The van der Waals surface area contributed by atoms with Gasteiger partial charge in [0, 0.05) is 31.1 Å². The van der Waals surface area contributed by atoms with E-state index in [0.717, 1.165) is 48.6 Å². The van der Waals surface area contributed by atoms with Crippen molar-refractivity contribution < 1.29 is 9.59 Å². The van der Waals surface area contributed by atoms with Crippen molar-refractivity contribution >= 4 is 17.6 Å². The lowest BCUT2D eigenvalue weighted by atomic mass is 9.99. The molecule has 6 heteroatoms. The topological polar surface area (TPSA) is 58.4 Å². The SMILES string of the molecule is Cc1ccccc1-c1cc2n(n1)CCC(=O)N2CC(=O)N1CCC(C)CC1. The Balaban J connectivity index is 1.57. The van der Waals surface area contributed by atoms with Gasteiger partial charge in [-0.15, -0.1) is 0 Å². The van der Waals surface area contributed by atoms with Crippen molar-refractivity contribution in [3.05, 3.63) is 35.9 Å². The first-order valence-corrected chi connectivity index (χ1v) is 9.75. The lowest BCUT2D eigenvalue weighted by molar-refractivity contribution is -0.132. The van der Waals surface area contributed by atoms with E-state index in [1.807, 2.05) is 33.8 Å². The standard InChI is InChI=1S/C21H26N4O2/c1-15-7-10-23(11-8-15)21(27)14-24-19-13-18(17-6-4-3-5-16(17)2)22-25(19)12-9-20(24)26/h3-6,13,15H,7-12,14H2,1-2H3. The number of likely N-dealkylation sites (tertiary alicyclic amines) is 1. The molecule has 0 N–H and O–H groups in total. The molecule has 1 fully saturated rings. The van der Waals surface area contributed by atoms with Crippen LogP contribution >= 0.6 is 0 Å². The molecule has 1 aromatic carbocycles. The summed E-state index contributed by atoms with van der Waals surface area (Å²) in [5.41, 5.74) is 3.05. The van der Waals surface area contributed by atoms with Gasteiger partial charge in [0.05, 0.1) is 12.2 Å². The molecule has 0 unspecified atom stereocenters. The minimum atomic E-state index is -0.00235. The largest absolute Gasteiger partial charge is 0.341 e. The Kier molecular flexibility index (Phi) is 4.72. The molecule has 0 atom stereocenters. The predicted octanol–water partition coefficient (Wildman–Crippen LogP) is 2.85. The average Bonchev–Trinajstić information content (AvgIpc) is 3.09. The third-order valence-corrected chi connectivity index (χ3v) is 5.72. The molecule has 3 heterocycles. The molecule has 0 aliphatic carbocycles. The summed E-state index contributed by atoms with van der Waals surface area (Å²) in [6.45, 7) is 6.52. The molecule has 142 valence electrons. The number of carbonyl (C=O) groups excluding carboxylic acids is 2. The van der Waals surface area contributed by atoms with Crippen LogP contribution < -0.4 is 4.90 Å². The molecule has 2 aliphatic heterocycles. The van der Waals surface area contributed by atoms with Gasteiger partial charge in [-0.3, -0.25) is 14.5 Å². The second-order valence-electron chi connectivity index (χ2n) is 7.72. The number of aromatic nitrogens is 2. The van der Waals surface area contributed by atoms with Crippen molar-refractivity contribution in [2.45, 2.75) is 39.7 Å². The zero-order valence-corrected chi connectivity index (χ0v) is 16.0. The first-order valence-electron chi connectivity index (χ1n) is 9.75. The summed E-state index contributed by atoms with van der Waals surface area (Å²) < 4.78 is 1.86. The second-order valence-corrected chi connectivity index (χ2v) is 7.72. The highest BCUT2D eigenvalue weighted by molar-refractivity contribution is 5.99. The summed E-state index contributed by atoms with van der Waals surface area (Å²) in [6, 6.07) is 10.0. The van der Waals surface area contributed by atoms with Crippen molar-refractivity contribution in [1.82, 2.24) is 14.7 Å². The van der Waals surface area contributed by atoms with Gasteiger partial charge in [0.15, 0.2) is 0 Å². The minimum absolute atomic E-state index is 0.00235. The monoisotopic (exact) mass is 366 g/mol. The molecule has 1 saturated heterocycles. The molecule has 0 radical (unpaired) electrons. The number of amides is 2. The molecule has 0 spiro atoms. The first-order chi connectivity index (χ1) is 13.0. The van der Waals surface area contributed by atoms with Crippen LogP contribution in [0.3, 0.4) is 0 Å². The lowest BCUT2D eigenvalue weighted by Crippen LogP contribution is -2.47. The van der Waals surface area contributed by atoms with Crippen LogP contribution in [0.15, 0.2) is 30.3 Å². The smallest absolute Gasteiger partial charge is 0.242 e. The third-order valence-electron chi connectivity index (χ3n) is 5.72. The molecule has 0 saturated carbocycles. The Morgan fingerprint density at radius 3 is 2.67 bits per heavy atom. The van der Waals surface area contributed by atoms with Gasteiger partial charge in [0.2, 0.25) is 11.8 Å². The van der Waals surface area contributed by atoms with Crippen LogP contribution in [0, 0.1) is 12.8 Å². The number of fused-ring (bicyclic) bond motifs is 1. The van der Waals surface area contributed by atoms with E-state index < -0.39 is 0 Å². The number of carbonyl (C=O) groups is 2. The van der Waals surface area contributed by atoms with Crippen molar-refractivity contribution in [1.29, 1.82) is 0 Å². The van der Waals surface area contributed by atoms with Gasteiger partial charge in [0.25, 0.3) is 0 Å². The molecule has 2 amide bonds. The number of aryl methyl sites for hydroxylation is 2. The third kappa shape index (κ3) is 3.48. The zero-order valence-electron chi connectivity index (χ0n) is 16.0. The van der Waals surface area contributed by atoms with Crippen LogP contribution in [0.25, 0.3) is 11.3 Å². The summed E-state index contributed by atoms with van der Waals surface area (Å²) in [5, 5.41) is 4.69. The van der Waals surface area contributed by atoms with Gasteiger partial charge >= 0.3 is 0 Å².